The van der Waals surface area contributed by atoms with Crippen LogP contribution in [0, 0.1) is 5.82 Å². The fraction of sp³-hybridized carbons (Fsp3) is 0.0526. The standard InChI is InChI=1S/C19H13FN2O/c20-16-10-8-14(9-11-16)19-22-21-18(23-19)12-15-6-3-5-13-4-1-2-7-17(13)15/h1-11H,12H2. The quantitative estimate of drug-likeness (QED) is 0.554. The van der Waals surface area contributed by atoms with Gasteiger partial charge in [-0.25, -0.2) is 4.39 Å². The van der Waals surface area contributed by atoms with E-state index in [1.54, 1.807) is 12.1 Å². The minimum Gasteiger partial charge on any atom is -0.420 e. The van der Waals surface area contributed by atoms with Crippen LogP contribution in [0.3, 0.4) is 0 Å². The number of fused-ring (bicyclic) bond motifs is 1. The molecule has 3 nitrogen and oxygen atoms in total. The molecule has 0 amide bonds. The molecule has 3 aromatic carbocycles. The molecular formula is C19H13FN2O. The molecule has 1 heterocycles. The van der Waals surface area contributed by atoms with Crippen molar-refractivity contribution >= 4 is 10.8 Å². The number of hydrogen-bond acceptors (Lipinski definition) is 3. The third-order valence-electron chi connectivity index (χ3n) is 3.78. The van der Waals surface area contributed by atoms with E-state index in [9.17, 15) is 4.39 Å². The molecular weight excluding hydrogens is 291 g/mol. The molecule has 4 heteroatoms. The van der Waals surface area contributed by atoms with Crippen LogP contribution >= 0.6 is 0 Å². The largest absolute Gasteiger partial charge is 0.420 e. The van der Waals surface area contributed by atoms with Crippen molar-refractivity contribution in [3.63, 3.8) is 0 Å². The van der Waals surface area contributed by atoms with Gasteiger partial charge in [0.15, 0.2) is 0 Å². The predicted molar refractivity (Wildman–Crippen MR) is 86.4 cm³/mol. The van der Waals surface area contributed by atoms with Gasteiger partial charge in [0.05, 0.1) is 6.42 Å². The molecule has 0 radical (unpaired) electrons. The lowest BCUT2D eigenvalue weighted by molar-refractivity contribution is 0.518. The van der Waals surface area contributed by atoms with E-state index in [0.29, 0.717) is 23.8 Å². The molecule has 0 fully saturated rings. The lowest BCUT2D eigenvalue weighted by Gasteiger charge is -2.03. The summed E-state index contributed by atoms with van der Waals surface area (Å²) in [5.74, 6) is 0.658. The summed E-state index contributed by atoms with van der Waals surface area (Å²) in [4.78, 5) is 0. The molecule has 0 spiro atoms. The second-order valence-electron chi connectivity index (χ2n) is 5.32. The van der Waals surface area contributed by atoms with E-state index in [1.807, 2.05) is 18.2 Å². The monoisotopic (exact) mass is 304 g/mol. The molecule has 0 saturated carbocycles. The SMILES string of the molecule is Fc1ccc(-c2nnc(Cc3cccc4ccccc34)o2)cc1. The molecule has 0 bridgehead atoms. The highest BCUT2D eigenvalue weighted by Gasteiger charge is 2.10. The van der Waals surface area contributed by atoms with Gasteiger partial charge in [0.1, 0.15) is 5.82 Å². The number of hydrogen-bond donors (Lipinski definition) is 0. The lowest BCUT2D eigenvalue weighted by Crippen LogP contribution is -1.90. The molecule has 0 saturated heterocycles. The number of rotatable bonds is 3. The van der Waals surface area contributed by atoms with Gasteiger partial charge >= 0.3 is 0 Å². The summed E-state index contributed by atoms with van der Waals surface area (Å²) in [5, 5.41) is 10.5. The van der Waals surface area contributed by atoms with Crippen molar-refractivity contribution in [2.45, 2.75) is 6.42 Å². The van der Waals surface area contributed by atoms with E-state index in [0.717, 1.165) is 5.56 Å². The van der Waals surface area contributed by atoms with Crippen molar-refractivity contribution in [1.29, 1.82) is 0 Å². The zero-order valence-corrected chi connectivity index (χ0v) is 12.2. The second-order valence-corrected chi connectivity index (χ2v) is 5.32. The molecule has 4 rings (SSSR count). The van der Waals surface area contributed by atoms with Crippen LogP contribution in [0.1, 0.15) is 11.5 Å². The van der Waals surface area contributed by atoms with Gasteiger partial charge in [0.2, 0.25) is 11.8 Å². The normalized spacial score (nSPS) is 11.0. The van der Waals surface area contributed by atoms with E-state index >= 15 is 0 Å². The first kappa shape index (κ1) is 13.6. The van der Waals surface area contributed by atoms with E-state index in [-0.39, 0.29) is 5.82 Å². The zero-order valence-electron chi connectivity index (χ0n) is 12.2. The van der Waals surface area contributed by atoms with Crippen LogP contribution in [0.2, 0.25) is 0 Å². The maximum absolute atomic E-state index is 13.0. The first-order chi connectivity index (χ1) is 11.3. The average molecular weight is 304 g/mol. The summed E-state index contributed by atoms with van der Waals surface area (Å²) in [6.07, 6.45) is 0.565. The summed E-state index contributed by atoms with van der Waals surface area (Å²) in [6, 6.07) is 20.4. The summed E-state index contributed by atoms with van der Waals surface area (Å²) >= 11 is 0. The minimum absolute atomic E-state index is 0.288. The van der Waals surface area contributed by atoms with Crippen molar-refractivity contribution < 1.29 is 8.81 Å². The number of benzene rings is 3. The van der Waals surface area contributed by atoms with Gasteiger partial charge in [-0.1, -0.05) is 42.5 Å². The van der Waals surface area contributed by atoms with Gasteiger partial charge < -0.3 is 4.42 Å². The molecule has 1 aromatic heterocycles. The zero-order chi connectivity index (χ0) is 15.6. The van der Waals surface area contributed by atoms with Crippen molar-refractivity contribution in [2.24, 2.45) is 0 Å². The summed E-state index contributed by atoms with van der Waals surface area (Å²) < 4.78 is 18.7. The van der Waals surface area contributed by atoms with Crippen LogP contribution in [0.5, 0.6) is 0 Å². The Morgan fingerprint density at radius 1 is 0.826 bits per heavy atom. The van der Waals surface area contributed by atoms with Gasteiger partial charge in [0, 0.05) is 5.56 Å². The van der Waals surface area contributed by atoms with Gasteiger partial charge in [-0.2, -0.15) is 0 Å². The van der Waals surface area contributed by atoms with Gasteiger partial charge in [-0.15, -0.1) is 10.2 Å². The van der Waals surface area contributed by atoms with Gasteiger partial charge in [-0.3, -0.25) is 0 Å². The van der Waals surface area contributed by atoms with E-state index in [4.69, 9.17) is 4.42 Å². The molecule has 0 unspecified atom stereocenters. The van der Waals surface area contributed by atoms with Gasteiger partial charge in [-0.05, 0) is 40.6 Å². The van der Waals surface area contributed by atoms with Crippen LogP contribution in [0.4, 0.5) is 4.39 Å². The van der Waals surface area contributed by atoms with Crippen LogP contribution in [0.15, 0.2) is 71.1 Å². The molecule has 0 atom stereocenters. The molecule has 23 heavy (non-hydrogen) atoms. The minimum atomic E-state index is -0.288. The first-order valence-corrected chi connectivity index (χ1v) is 7.34. The van der Waals surface area contributed by atoms with E-state index < -0.39 is 0 Å². The second kappa shape index (κ2) is 5.65. The Morgan fingerprint density at radius 3 is 2.48 bits per heavy atom. The van der Waals surface area contributed by atoms with Crippen LogP contribution in [-0.2, 0) is 6.42 Å². The predicted octanol–water partition coefficient (Wildman–Crippen LogP) is 4.62. The maximum atomic E-state index is 13.0. The molecule has 0 aliphatic heterocycles. The third kappa shape index (κ3) is 2.71. The van der Waals surface area contributed by atoms with Gasteiger partial charge in [0.25, 0.3) is 0 Å². The Hall–Kier alpha value is -3.01. The van der Waals surface area contributed by atoms with Crippen molar-refractivity contribution in [3.05, 3.63) is 84.0 Å². The summed E-state index contributed by atoms with van der Waals surface area (Å²) in [5.41, 5.74) is 1.85. The van der Waals surface area contributed by atoms with Crippen LogP contribution in [0.25, 0.3) is 22.2 Å². The molecule has 4 aromatic rings. The maximum Gasteiger partial charge on any atom is 0.247 e. The fourth-order valence-corrected chi connectivity index (χ4v) is 2.64. The fourth-order valence-electron chi connectivity index (χ4n) is 2.64. The highest BCUT2D eigenvalue weighted by Crippen LogP contribution is 2.23. The molecule has 112 valence electrons. The highest BCUT2D eigenvalue weighted by molar-refractivity contribution is 5.85. The Morgan fingerprint density at radius 2 is 1.61 bits per heavy atom. The summed E-state index contributed by atoms with van der Waals surface area (Å²) in [7, 11) is 0. The highest BCUT2D eigenvalue weighted by atomic mass is 19.1. The average Bonchev–Trinajstić information content (AvgIpc) is 3.04. The Balaban J connectivity index is 1.66. The third-order valence-corrected chi connectivity index (χ3v) is 3.78. The van der Waals surface area contributed by atoms with Crippen molar-refractivity contribution in [3.8, 4) is 11.5 Å². The Kier molecular flexibility index (Phi) is 3.35. The van der Waals surface area contributed by atoms with Crippen LogP contribution in [-0.4, -0.2) is 10.2 Å². The first-order valence-electron chi connectivity index (χ1n) is 7.34. The Labute approximate surface area is 132 Å². The number of nitrogens with zero attached hydrogens (tertiary/aromatic N) is 2. The molecule has 0 N–H and O–H groups in total. The summed E-state index contributed by atoms with van der Waals surface area (Å²) in [6.45, 7) is 0. The molecule has 0 aliphatic carbocycles. The van der Waals surface area contributed by atoms with E-state index in [1.165, 1.54) is 22.9 Å². The van der Waals surface area contributed by atoms with Crippen molar-refractivity contribution in [2.75, 3.05) is 0 Å². The number of halogens is 1. The van der Waals surface area contributed by atoms with Crippen molar-refractivity contribution in [1.82, 2.24) is 10.2 Å². The Bertz CT molecular complexity index is 955. The van der Waals surface area contributed by atoms with E-state index in [2.05, 4.69) is 34.5 Å². The smallest absolute Gasteiger partial charge is 0.247 e. The lowest BCUT2D eigenvalue weighted by atomic mass is 10.0. The van der Waals surface area contributed by atoms with Crippen LogP contribution < -0.4 is 0 Å². The number of aromatic nitrogens is 2. The topological polar surface area (TPSA) is 38.9 Å². The molecule has 0 aliphatic rings.